The van der Waals surface area contributed by atoms with E-state index in [1.54, 1.807) is 19.2 Å². The number of unbranched alkanes of at least 4 members (excludes halogenated alkanes) is 4. The molecule has 0 saturated heterocycles. The molecule has 0 fully saturated rings. The van der Waals surface area contributed by atoms with Crippen LogP contribution in [0.5, 0.6) is 11.5 Å². The van der Waals surface area contributed by atoms with Gasteiger partial charge in [0.15, 0.2) is 0 Å². The lowest BCUT2D eigenvalue weighted by molar-refractivity contribution is 0.411. The van der Waals surface area contributed by atoms with Crippen molar-refractivity contribution in [3.8, 4) is 23.3 Å². The van der Waals surface area contributed by atoms with Crippen molar-refractivity contribution in [1.82, 2.24) is 0 Å². The maximum Gasteiger partial charge on any atom is 0.120 e. The van der Waals surface area contributed by atoms with Crippen LogP contribution in [0.15, 0.2) is 18.2 Å². The molecule has 1 aromatic carbocycles. The molecule has 0 saturated carbocycles. The summed E-state index contributed by atoms with van der Waals surface area (Å²) in [6.45, 7) is 2.21. The lowest BCUT2D eigenvalue weighted by atomic mass is 10.1. The highest BCUT2D eigenvalue weighted by molar-refractivity contribution is 5.41. The molecule has 0 spiro atoms. The Morgan fingerprint density at radius 3 is 2.72 bits per heavy atom. The van der Waals surface area contributed by atoms with Gasteiger partial charge in [0.2, 0.25) is 0 Å². The standard InChI is InChI=1S/C16H22O2/c1-3-4-5-6-7-8-9-10-14-13-15(18-2)11-12-16(14)17/h11-13,17H,3-7,10H2,1-2H3. The minimum absolute atomic E-state index is 0.288. The molecule has 0 aliphatic carbocycles. The molecule has 0 amide bonds. The van der Waals surface area contributed by atoms with E-state index in [9.17, 15) is 5.11 Å². The fraction of sp³-hybridized carbons (Fsp3) is 0.500. The van der Waals surface area contributed by atoms with Crippen molar-refractivity contribution in [2.75, 3.05) is 7.11 Å². The molecule has 0 atom stereocenters. The Labute approximate surface area is 110 Å². The number of hydrogen-bond acceptors (Lipinski definition) is 2. The van der Waals surface area contributed by atoms with Crippen LogP contribution in [0.4, 0.5) is 0 Å². The smallest absolute Gasteiger partial charge is 0.120 e. The highest BCUT2D eigenvalue weighted by Gasteiger charge is 2.01. The first kappa shape index (κ1) is 14.4. The average Bonchev–Trinajstić information content (AvgIpc) is 2.39. The van der Waals surface area contributed by atoms with Gasteiger partial charge in [-0.2, -0.15) is 0 Å². The summed E-state index contributed by atoms with van der Waals surface area (Å²) in [7, 11) is 1.62. The van der Waals surface area contributed by atoms with Crippen molar-refractivity contribution in [3.63, 3.8) is 0 Å². The minimum Gasteiger partial charge on any atom is -0.508 e. The van der Waals surface area contributed by atoms with Crippen LogP contribution < -0.4 is 4.74 Å². The molecule has 0 heterocycles. The molecular formula is C16H22O2. The molecule has 0 bridgehead atoms. The molecule has 18 heavy (non-hydrogen) atoms. The summed E-state index contributed by atoms with van der Waals surface area (Å²) < 4.78 is 5.12. The van der Waals surface area contributed by atoms with Crippen molar-refractivity contribution < 1.29 is 9.84 Å². The SMILES string of the molecule is CCCCCCC#CCc1cc(OC)ccc1O. The number of phenols is 1. The number of benzene rings is 1. The molecule has 1 rings (SSSR count). The molecule has 2 nitrogen and oxygen atoms in total. The van der Waals surface area contributed by atoms with Gasteiger partial charge in [0.05, 0.1) is 7.11 Å². The second-order valence-electron chi connectivity index (χ2n) is 4.34. The minimum atomic E-state index is 0.288. The van der Waals surface area contributed by atoms with Crippen molar-refractivity contribution in [1.29, 1.82) is 0 Å². The number of hydrogen-bond donors (Lipinski definition) is 1. The molecule has 2 heteroatoms. The van der Waals surface area contributed by atoms with E-state index in [1.165, 1.54) is 25.7 Å². The Bertz CT molecular complexity index is 413. The highest BCUT2D eigenvalue weighted by Crippen LogP contribution is 2.22. The van der Waals surface area contributed by atoms with Gasteiger partial charge in [-0.1, -0.05) is 32.1 Å². The summed E-state index contributed by atoms with van der Waals surface area (Å²) in [5, 5.41) is 9.68. The molecule has 0 aliphatic rings. The summed E-state index contributed by atoms with van der Waals surface area (Å²) in [6, 6.07) is 5.23. The fourth-order valence-electron chi connectivity index (χ4n) is 1.72. The molecule has 0 unspecified atom stereocenters. The number of rotatable bonds is 6. The van der Waals surface area contributed by atoms with Gasteiger partial charge in [-0.15, -0.1) is 5.92 Å². The Hall–Kier alpha value is -1.62. The Kier molecular flexibility index (Phi) is 6.79. The van der Waals surface area contributed by atoms with Crippen LogP contribution in [0.3, 0.4) is 0 Å². The maximum absolute atomic E-state index is 9.68. The van der Waals surface area contributed by atoms with Gasteiger partial charge in [-0.3, -0.25) is 0 Å². The molecule has 0 radical (unpaired) electrons. The summed E-state index contributed by atoms with van der Waals surface area (Å²) in [4.78, 5) is 0. The third-order valence-corrected chi connectivity index (χ3v) is 2.85. The first-order valence-electron chi connectivity index (χ1n) is 6.59. The van der Waals surface area contributed by atoms with Gasteiger partial charge in [0.1, 0.15) is 11.5 Å². The van der Waals surface area contributed by atoms with E-state index in [0.29, 0.717) is 6.42 Å². The topological polar surface area (TPSA) is 29.5 Å². The zero-order chi connectivity index (χ0) is 13.2. The number of phenolic OH excluding ortho intramolecular Hbond substituents is 1. The van der Waals surface area contributed by atoms with Gasteiger partial charge in [-0.05, 0) is 24.6 Å². The predicted octanol–water partition coefficient (Wildman–Crippen LogP) is 3.92. The normalized spacial score (nSPS) is 9.67. The first-order chi connectivity index (χ1) is 8.77. The van der Waals surface area contributed by atoms with Crippen LogP contribution in [0.25, 0.3) is 0 Å². The third-order valence-electron chi connectivity index (χ3n) is 2.85. The van der Waals surface area contributed by atoms with E-state index in [2.05, 4.69) is 18.8 Å². The number of aromatic hydroxyl groups is 1. The van der Waals surface area contributed by atoms with Crippen molar-refractivity contribution in [3.05, 3.63) is 23.8 Å². The molecule has 0 aromatic heterocycles. The Balaban J connectivity index is 2.40. The molecule has 1 N–H and O–H groups in total. The average molecular weight is 246 g/mol. The van der Waals surface area contributed by atoms with Crippen molar-refractivity contribution in [2.24, 2.45) is 0 Å². The Morgan fingerprint density at radius 1 is 1.17 bits per heavy atom. The summed E-state index contributed by atoms with van der Waals surface area (Å²) in [6.07, 6.45) is 6.51. The van der Waals surface area contributed by atoms with Crippen LogP contribution in [0.2, 0.25) is 0 Å². The first-order valence-corrected chi connectivity index (χ1v) is 6.59. The largest absolute Gasteiger partial charge is 0.508 e. The van der Waals surface area contributed by atoms with E-state index in [1.807, 2.05) is 6.07 Å². The van der Waals surface area contributed by atoms with Gasteiger partial charge >= 0.3 is 0 Å². The van der Waals surface area contributed by atoms with Gasteiger partial charge in [0.25, 0.3) is 0 Å². The van der Waals surface area contributed by atoms with E-state index in [4.69, 9.17) is 4.74 Å². The van der Waals surface area contributed by atoms with Gasteiger partial charge < -0.3 is 9.84 Å². The third kappa shape index (κ3) is 5.14. The van der Waals surface area contributed by atoms with Gasteiger partial charge in [-0.25, -0.2) is 0 Å². The van der Waals surface area contributed by atoms with Crippen LogP contribution >= 0.6 is 0 Å². The number of methoxy groups -OCH3 is 1. The lowest BCUT2D eigenvalue weighted by Gasteiger charge is -2.03. The maximum atomic E-state index is 9.68. The van der Waals surface area contributed by atoms with Crippen molar-refractivity contribution >= 4 is 0 Å². The van der Waals surface area contributed by atoms with E-state index < -0.39 is 0 Å². The zero-order valence-corrected chi connectivity index (χ0v) is 11.3. The summed E-state index contributed by atoms with van der Waals surface area (Å²) in [5.74, 6) is 7.31. The summed E-state index contributed by atoms with van der Waals surface area (Å²) >= 11 is 0. The Morgan fingerprint density at radius 2 is 2.00 bits per heavy atom. The van der Waals surface area contributed by atoms with Crippen LogP contribution in [0, 0.1) is 11.8 Å². The second kappa shape index (κ2) is 8.47. The molecule has 98 valence electrons. The fourth-order valence-corrected chi connectivity index (χ4v) is 1.72. The van der Waals surface area contributed by atoms with Crippen LogP contribution in [-0.4, -0.2) is 12.2 Å². The lowest BCUT2D eigenvalue weighted by Crippen LogP contribution is -1.87. The second-order valence-corrected chi connectivity index (χ2v) is 4.34. The zero-order valence-electron chi connectivity index (χ0n) is 11.3. The van der Waals surface area contributed by atoms with E-state index >= 15 is 0 Å². The molecular weight excluding hydrogens is 224 g/mol. The monoisotopic (exact) mass is 246 g/mol. The van der Waals surface area contributed by atoms with Gasteiger partial charge in [0, 0.05) is 18.4 Å². The molecule has 0 aliphatic heterocycles. The van der Waals surface area contributed by atoms with Crippen LogP contribution in [0.1, 0.15) is 44.6 Å². The summed E-state index contributed by atoms with van der Waals surface area (Å²) in [5.41, 5.74) is 0.829. The highest BCUT2D eigenvalue weighted by atomic mass is 16.5. The molecule has 1 aromatic rings. The van der Waals surface area contributed by atoms with E-state index in [-0.39, 0.29) is 5.75 Å². The van der Waals surface area contributed by atoms with Crippen LogP contribution in [-0.2, 0) is 6.42 Å². The predicted molar refractivity (Wildman–Crippen MR) is 74.9 cm³/mol. The van der Waals surface area contributed by atoms with E-state index in [0.717, 1.165) is 17.7 Å². The number of ether oxygens (including phenoxy) is 1. The van der Waals surface area contributed by atoms with Crippen molar-refractivity contribution in [2.45, 2.75) is 45.4 Å². The quantitative estimate of drug-likeness (QED) is 0.609.